The fourth-order valence-corrected chi connectivity index (χ4v) is 2.33. The lowest BCUT2D eigenvalue weighted by atomic mass is 10.0. The summed E-state index contributed by atoms with van der Waals surface area (Å²) in [7, 11) is 0. The molecule has 0 bridgehead atoms. The Hall–Kier alpha value is -1.20. The van der Waals surface area contributed by atoms with E-state index in [1.165, 1.54) is 12.3 Å². The van der Waals surface area contributed by atoms with Crippen molar-refractivity contribution in [1.29, 1.82) is 0 Å². The van der Waals surface area contributed by atoms with Crippen LogP contribution in [0.15, 0.2) is 12.3 Å². The SMILES string of the molecule is CC(C)CNCc1cc(F)cnc1OCC1CCOCC1. The third-order valence-electron chi connectivity index (χ3n) is 3.56. The molecule has 1 aliphatic rings. The molecule has 4 nitrogen and oxygen atoms in total. The second kappa shape index (κ2) is 8.29. The van der Waals surface area contributed by atoms with Gasteiger partial charge in [-0.25, -0.2) is 9.37 Å². The maximum Gasteiger partial charge on any atom is 0.218 e. The second-order valence-electron chi connectivity index (χ2n) is 6.01. The molecule has 5 heteroatoms. The summed E-state index contributed by atoms with van der Waals surface area (Å²) in [6, 6.07) is 1.50. The van der Waals surface area contributed by atoms with Gasteiger partial charge in [0.1, 0.15) is 5.82 Å². The molecule has 2 heterocycles. The van der Waals surface area contributed by atoms with Gasteiger partial charge in [-0.3, -0.25) is 0 Å². The quantitative estimate of drug-likeness (QED) is 0.840. The van der Waals surface area contributed by atoms with Crippen LogP contribution in [-0.4, -0.2) is 31.3 Å². The number of hydrogen-bond donors (Lipinski definition) is 1. The molecule has 1 aliphatic heterocycles. The largest absolute Gasteiger partial charge is 0.477 e. The number of aromatic nitrogens is 1. The molecule has 0 spiro atoms. The van der Waals surface area contributed by atoms with Crippen molar-refractivity contribution in [2.45, 2.75) is 33.2 Å². The average molecular weight is 296 g/mol. The molecular weight excluding hydrogens is 271 g/mol. The van der Waals surface area contributed by atoms with Gasteiger partial charge in [-0.05, 0) is 37.3 Å². The van der Waals surface area contributed by atoms with Crippen LogP contribution >= 0.6 is 0 Å². The molecule has 0 radical (unpaired) electrons. The van der Waals surface area contributed by atoms with Crippen LogP contribution in [0.25, 0.3) is 0 Å². The highest BCUT2D eigenvalue weighted by Gasteiger charge is 2.16. The zero-order chi connectivity index (χ0) is 15.1. The highest BCUT2D eigenvalue weighted by atomic mass is 19.1. The van der Waals surface area contributed by atoms with E-state index in [9.17, 15) is 4.39 Å². The fraction of sp³-hybridized carbons (Fsp3) is 0.688. The summed E-state index contributed by atoms with van der Waals surface area (Å²) in [6.07, 6.45) is 3.25. The number of halogens is 1. The summed E-state index contributed by atoms with van der Waals surface area (Å²) in [4.78, 5) is 4.09. The van der Waals surface area contributed by atoms with Crippen LogP contribution in [0, 0.1) is 17.7 Å². The van der Waals surface area contributed by atoms with Gasteiger partial charge in [-0.2, -0.15) is 0 Å². The van der Waals surface area contributed by atoms with E-state index in [1.807, 2.05) is 0 Å². The van der Waals surface area contributed by atoms with Gasteiger partial charge in [-0.15, -0.1) is 0 Å². The van der Waals surface area contributed by atoms with Crippen LogP contribution in [0.5, 0.6) is 5.88 Å². The van der Waals surface area contributed by atoms with Crippen molar-refractivity contribution in [1.82, 2.24) is 10.3 Å². The Morgan fingerprint density at radius 3 is 2.90 bits per heavy atom. The molecule has 0 aromatic carbocycles. The van der Waals surface area contributed by atoms with Crippen molar-refractivity contribution in [2.75, 3.05) is 26.4 Å². The molecule has 0 atom stereocenters. The molecule has 0 aliphatic carbocycles. The lowest BCUT2D eigenvalue weighted by Crippen LogP contribution is -2.23. The van der Waals surface area contributed by atoms with E-state index in [2.05, 4.69) is 24.1 Å². The monoisotopic (exact) mass is 296 g/mol. The first-order valence-electron chi connectivity index (χ1n) is 7.71. The smallest absolute Gasteiger partial charge is 0.218 e. The Kier molecular flexibility index (Phi) is 6.39. The second-order valence-corrected chi connectivity index (χ2v) is 6.01. The maximum atomic E-state index is 13.4. The minimum atomic E-state index is -0.324. The van der Waals surface area contributed by atoms with Crippen LogP contribution in [0.3, 0.4) is 0 Å². The van der Waals surface area contributed by atoms with Gasteiger partial charge in [0.05, 0.1) is 12.8 Å². The Morgan fingerprint density at radius 2 is 2.19 bits per heavy atom. The van der Waals surface area contributed by atoms with Crippen LogP contribution in [-0.2, 0) is 11.3 Å². The number of pyridine rings is 1. The van der Waals surface area contributed by atoms with Crippen molar-refractivity contribution in [2.24, 2.45) is 11.8 Å². The van der Waals surface area contributed by atoms with Gasteiger partial charge in [0.2, 0.25) is 5.88 Å². The van der Waals surface area contributed by atoms with Gasteiger partial charge >= 0.3 is 0 Å². The van der Waals surface area contributed by atoms with E-state index in [0.29, 0.717) is 30.9 Å². The summed E-state index contributed by atoms with van der Waals surface area (Å²) < 4.78 is 24.5. The highest BCUT2D eigenvalue weighted by molar-refractivity contribution is 5.26. The summed E-state index contributed by atoms with van der Waals surface area (Å²) in [5.74, 6) is 1.27. The molecule has 0 amide bonds. The number of ether oxygens (including phenoxy) is 2. The van der Waals surface area contributed by atoms with Gasteiger partial charge in [0, 0.05) is 25.3 Å². The van der Waals surface area contributed by atoms with Gasteiger partial charge in [0.15, 0.2) is 0 Å². The average Bonchev–Trinajstić information content (AvgIpc) is 2.47. The number of nitrogens with one attached hydrogen (secondary N) is 1. The van der Waals surface area contributed by atoms with Crippen molar-refractivity contribution in [3.05, 3.63) is 23.6 Å². The van der Waals surface area contributed by atoms with Gasteiger partial charge < -0.3 is 14.8 Å². The number of nitrogens with zero attached hydrogens (tertiary/aromatic N) is 1. The normalized spacial score (nSPS) is 16.4. The van der Waals surface area contributed by atoms with Crippen LogP contribution in [0.1, 0.15) is 32.3 Å². The summed E-state index contributed by atoms with van der Waals surface area (Å²) in [6.45, 7) is 7.96. The number of rotatable bonds is 7. The Balaban J connectivity index is 1.90. The third-order valence-corrected chi connectivity index (χ3v) is 3.56. The first-order chi connectivity index (χ1) is 10.1. The van der Waals surface area contributed by atoms with Gasteiger partial charge in [-0.1, -0.05) is 13.8 Å². The van der Waals surface area contributed by atoms with Gasteiger partial charge in [0.25, 0.3) is 0 Å². The molecule has 21 heavy (non-hydrogen) atoms. The summed E-state index contributed by atoms with van der Waals surface area (Å²) >= 11 is 0. The molecule has 0 saturated carbocycles. The highest BCUT2D eigenvalue weighted by Crippen LogP contribution is 2.20. The molecule has 1 fully saturated rings. The van der Waals surface area contributed by atoms with Crippen molar-refractivity contribution in [3.8, 4) is 5.88 Å². The molecule has 1 saturated heterocycles. The lowest BCUT2D eigenvalue weighted by molar-refractivity contribution is 0.0488. The number of hydrogen-bond acceptors (Lipinski definition) is 4. The van der Waals surface area contributed by atoms with E-state index in [1.54, 1.807) is 0 Å². The molecule has 118 valence electrons. The maximum absolute atomic E-state index is 13.4. The lowest BCUT2D eigenvalue weighted by Gasteiger charge is -2.22. The fourth-order valence-electron chi connectivity index (χ4n) is 2.33. The Morgan fingerprint density at radius 1 is 1.43 bits per heavy atom. The molecule has 2 rings (SSSR count). The summed E-state index contributed by atoms with van der Waals surface area (Å²) in [5, 5.41) is 3.30. The van der Waals surface area contributed by atoms with Crippen LogP contribution in [0.2, 0.25) is 0 Å². The van der Waals surface area contributed by atoms with Crippen molar-refractivity contribution < 1.29 is 13.9 Å². The molecule has 0 unspecified atom stereocenters. The molecule has 1 aromatic rings. The Bertz CT molecular complexity index is 434. The van der Waals surface area contributed by atoms with Crippen LogP contribution in [0.4, 0.5) is 4.39 Å². The molecular formula is C16H25FN2O2. The third kappa shape index (κ3) is 5.59. The van der Waals surface area contributed by atoms with Crippen LogP contribution < -0.4 is 10.1 Å². The zero-order valence-corrected chi connectivity index (χ0v) is 12.9. The Labute approximate surface area is 126 Å². The predicted octanol–water partition coefficient (Wildman–Crippen LogP) is 2.77. The first kappa shape index (κ1) is 16.2. The zero-order valence-electron chi connectivity index (χ0n) is 12.9. The van der Waals surface area contributed by atoms with Crippen molar-refractivity contribution in [3.63, 3.8) is 0 Å². The van der Waals surface area contributed by atoms with E-state index < -0.39 is 0 Å². The topological polar surface area (TPSA) is 43.4 Å². The first-order valence-corrected chi connectivity index (χ1v) is 7.71. The van der Waals surface area contributed by atoms with E-state index >= 15 is 0 Å². The van der Waals surface area contributed by atoms with E-state index in [0.717, 1.165) is 38.2 Å². The minimum Gasteiger partial charge on any atom is -0.477 e. The predicted molar refractivity (Wildman–Crippen MR) is 79.8 cm³/mol. The van der Waals surface area contributed by atoms with Crippen molar-refractivity contribution >= 4 is 0 Å². The van der Waals surface area contributed by atoms with E-state index in [-0.39, 0.29) is 5.82 Å². The molecule has 1 N–H and O–H groups in total. The molecule has 1 aromatic heterocycles. The summed E-state index contributed by atoms with van der Waals surface area (Å²) in [5.41, 5.74) is 0.780. The van der Waals surface area contributed by atoms with E-state index in [4.69, 9.17) is 9.47 Å². The minimum absolute atomic E-state index is 0.324. The standard InChI is InChI=1S/C16H25FN2O2/c1-12(2)8-18-9-14-7-15(17)10-19-16(14)21-11-13-3-5-20-6-4-13/h7,10,12-13,18H,3-6,8-9,11H2,1-2H3.